The van der Waals surface area contributed by atoms with E-state index in [0.717, 1.165) is 36.1 Å². The summed E-state index contributed by atoms with van der Waals surface area (Å²) in [6.07, 6.45) is 7.92. The van der Waals surface area contributed by atoms with Crippen LogP contribution in [0.2, 0.25) is 0 Å². The molecule has 0 unspecified atom stereocenters. The van der Waals surface area contributed by atoms with E-state index in [0.29, 0.717) is 18.4 Å². The second-order valence-electron chi connectivity index (χ2n) is 8.47. The molecule has 1 aromatic rings. The van der Waals surface area contributed by atoms with Crippen LogP contribution in [0.4, 0.5) is 5.69 Å². The number of rotatable bonds is 8. The normalized spacial score (nSPS) is 14.2. The minimum Gasteiger partial charge on any atom is -0.333 e. The highest BCUT2D eigenvalue weighted by molar-refractivity contribution is 5.95. The third kappa shape index (κ3) is 6.22. The highest BCUT2D eigenvalue weighted by Gasteiger charge is 2.19. The first-order valence-corrected chi connectivity index (χ1v) is 10.7. The molecule has 0 spiro atoms. The Morgan fingerprint density at radius 3 is 2.21 bits per heavy atom. The van der Waals surface area contributed by atoms with Crippen molar-refractivity contribution < 1.29 is 9.59 Å². The maximum atomic E-state index is 12.8. The van der Waals surface area contributed by atoms with Gasteiger partial charge in [-0.2, -0.15) is 0 Å². The van der Waals surface area contributed by atoms with E-state index in [4.69, 9.17) is 0 Å². The molecule has 2 rings (SSSR count). The Kier molecular flexibility index (Phi) is 8.28. The Labute approximate surface area is 170 Å². The van der Waals surface area contributed by atoms with Crippen molar-refractivity contribution >= 4 is 17.5 Å². The summed E-state index contributed by atoms with van der Waals surface area (Å²) in [7, 11) is 0. The first-order valence-electron chi connectivity index (χ1n) is 10.7. The van der Waals surface area contributed by atoms with Crippen LogP contribution in [0.25, 0.3) is 0 Å². The zero-order valence-corrected chi connectivity index (χ0v) is 18.2. The first kappa shape index (κ1) is 22.2. The Hall–Kier alpha value is -2.10. The van der Waals surface area contributed by atoms with Gasteiger partial charge in [0.15, 0.2) is 0 Å². The van der Waals surface area contributed by atoms with Gasteiger partial charge in [-0.25, -0.2) is 0 Å². The predicted octanol–water partition coefficient (Wildman–Crippen LogP) is 5.61. The Balaban J connectivity index is 2.08. The molecule has 0 bridgehead atoms. The van der Waals surface area contributed by atoms with E-state index in [1.165, 1.54) is 18.4 Å². The fourth-order valence-electron chi connectivity index (χ4n) is 3.81. The highest BCUT2D eigenvalue weighted by Crippen LogP contribution is 2.32. The van der Waals surface area contributed by atoms with E-state index in [1.807, 2.05) is 0 Å². The average Bonchev–Trinajstić information content (AvgIpc) is 2.65. The van der Waals surface area contributed by atoms with Crippen LogP contribution < -0.4 is 5.32 Å². The molecule has 0 aromatic heterocycles. The molecule has 4 nitrogen and oxygen atoms in total. The fraction of sp³-hybridized carbons (Fsp3) is 0.583. The van der Waals surface area contributed by atoms with E-state index in [1.54, 1.807) is 11.8 Å². The lowest BCUT2D eigenvalue weighted by atomic mass is 9.92. The van der Waals surface area contributed by atoms with Crippen LogP contribution in [-0.2, 0) is 9.59 Å². The third-order valence-corrected chi connectivity index (χ3v) is 5.51. The van der Waals surface area contributed by atoms with Crippen molar-refractivity contribution in [1.29, 1.82) is 0 Å². The molecule has 4 heteroatoms. The van der Waals surface area contributed by atoms with Gasteiger partial charge in [0.05, 0.1) is 6.54 Å². The summed E-state index contributed by atoms with van der Waals surface area (Å²) >= 11 is 0. The van der Waals surface area contributed by atoms with Crippen molar-refractivity contribution in [2.45, 2.75) is 78.6 Å². The fourth-order valence-corrected chi connectivity index (χ4v) is 3.81. The molecule has 0 aliphatic heterocycles. The Bertz CT molecular complexity index is 693. The third-order valence-electron chi connectivity index (χ3n) is 5.51. The molecule has 2 amide bonds. The van der Waals surface area contributed by atoms with Crippen LogP contribution in [0, 0.1) is 0 Å². The minimum atomic E-state index is -0.122. The van der Waals surface area contributed by atoms with Crippen molar-refractivity contribution in [1.82, 2.24) is 4.90 Å². The average molecular weight is 385 g/mol. The molecule has 0 atom stereocenters. The summed E-state index contributed by atoms with van der Waals surface area (Å²) in [4.78, 5) is 26.6. The van der Waals surface area contributed by atoms with Gasteiger partial charge in [-0.05, 0) is 55.1 Å². The summed E-state index contributed by atoms with van der Waals surface area (Å²) < 4.78 is 0. The summed E-state index contributed by atoms with van der Waals surface area (Å²) in [5, 5.41) is 3.12. The van der Waals surface area contributed by atoms with E-state index in [9.17, 15) is 9.59 Å². The van der Waals surface area contributed by atoms with Crippen LogP contribution in [0.1, 0.15) is 89.7 Å². The zero-order valence-electron chi connectivity index (χ0n) is 18.2. The molecule has 28 heavy (non-hydrogen) atoms. The standard InChI is InChI=1S/C24H36N2O2/c1-17(2)21-12-9-13-22(18(3)4)24(21)25-23(28)16-26(19(5)27)15-14-20-10-7-6-8-11-20/h9-10,12-13,17-18H,6-8,11,14-16H2,1-5H3,(H,25,28). The number of nitrogens with one attached hydrogen (secondary N) is 1. The summed E-state index contributed by atoms with van der Waals surface area (Å²) in [6.45, 7) is 10.8. The van der Waals surface area contributed by atoms with Gasteiger partial charge in [0.25, 0.3) is 0 Å². The lowest BCUT2D eigenvalue weighted by Gasteiger charge is -2.24. The van der Waals surface area contributed by atoms with E-state index in [-0.39, 0.29) is 18.4 Å². The van der Waals surface area contributed by atoms with Gasteiger partial charge in [-0.15, -0.1) is 0 Å². The molecule has 0 fully saturated rings. The van der Waals surface area contributed by atoms with Crippen LogP contribution in [-0.4, -0.2) is 29.8 Å². The maximum Gasteiger partial charge on any atom is 0.244 e. The predicted molar refractivity (Wildman–Crippen MR) is 117 cm³/mol. The van der Waals surface area contributed by atoms with Gasteiger partial charge < -0.3 is 10.2 Å². The molecule has 1 aliphatic rings. The number of para-hydroxylation sites is 1. The number of anilines is 1. The number of hydrogen-bond acceptors (Lipinski definition) is 2. The number of carbonyl (C=O) groups excluding carboxylic acids is 2. The number of hydrogen-bond donors (Lipinski definition) is 1. The number of benzene rings is 1. The lowest BCUT2D eigenvalue weighted by molar-refractivity contribution is -0.132. The van der Waals surface area contributed by atoms with Gasteiger partial charge in [0, 0.05) is 19.2 Å². The highest BCUT2D eigenvalue weighted by atomic mass is 16.2. The van der Waals surface area contributed by atoms with E-state index >= 15 is 0 Å². The maximum absolute atomic E-state index is 12.8. The van der Waals surface area contributed by atoms with Crippen molar-refractivity contribution in [3.63, 3.8) is 0 Å². The van der Waals surface area contributed by atoms with Gasteiger partial charge in [0.1, 0.15) is 0 Å². The zero-order chi connectivity index (χ0) is 20.7. The van der Waals surface area contributed by atoms with Gasteiger partial charge in [-0.1, -0.05) is 57.5 Å². The number of nitrogens with zero attached hydrogens (tertiary/aromatic N) is 1. The molecule has 154 valence electrons. The Morgan fingerprint density at radius 1 is 1.07 bits per heavy atom. The largest absolute Gasteiger partial charge is 0.333 e. The van der Waals surface area contributed by atoms with Crippen LogP contribution in [0.3, 0.4) is 0 Å². The molecule has 1 N–H and O–H groups in total. The second kappa shape index (κ2) is 10.4. The van der Waals surface area contributed by atoms with Crippen LogP contribution in [0.15, 0.2) is 29.8 Å². The van der Waals surface area contributed by atoms with Crippen molar-refractivity contribution in [2.24, 2.45) is 0 Å². The van der Waals surface area contributed by atoms with Crippen molar-refractivity contribution in [3.8, 4) is 0 Å². The summed E-state index contributed by atoms with van der Waals surface area (Å²) in [5.41, 5.74) is 4.61. The number of allylic oxidation sites excluding steroid dienone is 1. The van der Waals surface area contributed by atoms with Gasteiger partial charge >= 0.3 is 0 Å². The molecule has 0 radical (unpaired) electrons. The second-order valence-corrected chi connectivity index (χ2v) is 8.47. The smallest absolute Gasteiger partial charge is 0.244 e. The lowest BCUT2D eigenvalue weighted by Crippen LogP contribution is -2.37. The monoisotopic (exact) mass is 384 g/mol. The molecule has 0 heterocycles. The number of carbonyl (C=O) groups is 2. The molecule has 0 saturated heterocycles. The molecular weight excluding hydrogens is 348 g/mol. The molecule has 0 saturated carbocycles. The van der Waals surface area contributed by atoms with Crippen molar-refractivity contribution in [3.05, 3.63) is 41.0 Å². The molecule has 1 aromatic carbocycles. The van der Waals surface area contributed by atoms with E-state index in [2.05, 4.69) is 57.3 Å². The first-order chi connectivity index (χ1) is 13.3. The Morgan fingerprint density at radius 2 is 1.71 bits per heavy atom. The molecule has 1 aliphatic carbocycles. The van der Waals surface area contributed by atoms with Crippen molar-refractivity contribution in [2.75, 3.05) is 18.4 Å². The van der Waals surface area contributed by atoms with Crippen LogP contribution in [0.5, 0.6) is 0 Å². The topological polar surface area (TPSA) is 49.4 Å². The summed E-state index contributed by atoms with van der Waals surface area (Å²) in [5.74, 6) is 0.461. The van der Waals surface area contributed by atoms with Gasteiger partial charge in [-0.3, -0.25) is 9.59 Å². The van der Waals surface area contributed by atoms with Gasteiger partial charge in [0.2, 0.25) is 11.8 Å². The number of amides is 2. The molecular formula is C24H36N2O2. The quantitative estimate of drug-likeness (QED) is 0.592. The SMILES string of the molecule is CC(=O)N(CCC1=CCCCC1)CC(=O)Nc1c(C(C)C)cccc1C(C)C. The van der Waals surface area contributed by atoms with E-state index < -0.39 is 0 Å². The summed E-state index contributed by atoms with van der Waals surface area (Å²) in [6, 6.07) is 6.20. The van der Waals surface area contributed by atoms with Crippen LogP contribution >= 0.6 is 0 Å². The minimum absolute atomic E-state index is 0.0483.